The van der Waals surface area contributed by atoms with E-state index >= 15 is 0 Å². The minimum Gasteiger partial charge on any atom is -0.493 e. The molecule has 0 aromatic heterocycles. The maximum absolute atomic E-state index is 11.8. The van der Waals surface area contributed by atoms with Crippen molar-refractivity contribution in [2.75, 3.05) is 14.2 Å². The number of carbonyl (C=O) groups excluding carboxylic acids is 2. The van der Waals surface area contributed by atoms with Gasteiger partial charge < -0.3 is 14.2 Å². The zero-order valence-electron chi connectivity index (χ0n) is 16.6. The fraction of sp³-hybridized carbons (Fsp3) is 0.143. The third-order valence-electron chi connectivity index (χ3n) is 3.93. The first-order chi connectivity index (χ1) is 15.0. The molecule has 0 atom stereocenters. The molecule has 0 aliphatic carbocycles. The molecule has 8 nitrogen and oxygen atoms in total. The Labute approximate surface area is 187 Å². The second kappa shape index (κ2) is 10.6. The molecule has 0 radical (unpaired) electrons. The monoisotopic (exact) mass is 459 g/mol. The Morgan fingerprint density at radius 1 is 1.23 bits per heavy atom. The van der Waals surface area contributed by atoms with Crippen LogP contribution in [-0.2, 0) is 20.9 Å². The number of carbonyl (C=O) groups is 2. The van der Waals surface area contributed by atoms with Crippen molar-refractivity contribution in [3.63, 3.8) is 0 Å². The normalized spacial score (nSPS) is 16.0. The molecule has 1 aliphatic heterocycles. The lowest BCUT2D eigenvalue weighted by atomic mass is 10.2. The number of amidine groups is 1. The van der Waals surface area contributed by atoms with Crippen molar-refractivity contribution in [3.8, 4) is 11.5 Å². The van der Waals surface area contributed by atoms with Crippen molar-refractivity contribution in [1.82, 2.24) is 5.32 Å². The summed E-state index contributed by atoms with van der Waals surface area (Å²) in [5, 5.41) is 11.0. The summed E-state index contributed by atoms with van der Waals surface area (Å²) in [4.78, 5) is 23.3. The lowest BCUT2D eigenvalue weighted by molar-refractivity contribution is -0.135. The van der Waals surface area contributed by atoms with Gasteiger partial charge in [0.25, 0.3) is 5.91 Å². The highest BCUT2D eigenvalue weighted by Crippen LogP contribution is 2.36. The van der Waals surface area contributed by atoms with Crippen LogP contribution in [0.2, 0.25) is 5.02 Å². The van der Waals surface area contributed by atoms with Crippen LogP contribution in [0.1, 0.15) is 11.1 Å². The Morgan fingerprint density at radius 2 is 2.00 bits per heavy atom. The number of halogens is 1. The van der Waals surface area contributed by atoms with Crippen LogP contribution < -0.4 is 14.8 Å². The van der Waals surface area contributed by atoms with E-state index in [0.29, 0.717) is 28.7 Å². The second-order valence-corrected chi connectivity index (χ2v) is 7.48. The number of hydrogen-bond acceptors (Lipinski definition) is 8. The van der Waals surface area contributed by atoms with Crippen LogP contribution in [-0.4, -0.2) is 37.5 Å². The minimum atomic E-state index is -0.626. The smallest absolute Gasteiger partial charge is 0.331 e. The van der Waals surface area contributed by atoms with Crippen LogP contribution >= 0.6 is 23.4 Å². The number of methoxy groups -OCH3 is 2. The van der Waals surface area contributed by atoms with Crippen molar-refractivity contribution in [3.05, 3.63) is 69.6 Å². The highest BCUT2D eigenvalue weighted by molar-refractivity contribution is 8.18. The number of nitrogens with one attached hydrogen (secondary N) is 1. The van der Waals surface area contributed by atoms with E-state index in [1.807, 2.05) is 30.3 Å². The first kappa shape index (κ1) is 22.4. The Balaban J connectivity index is 1.70. The third-order valence-corrected chi connectivity index (χ3v) is 5.12. The van der Waals surface area contributed by atoms with Crippen molar-refractivity contribution >= 4 is 46.6 Å². The van der Waals surface area contributed by atoms with Gasteiger partial charge in [-0.25, -0.2) is 4.79 Å². The standard InChI is InChI=1S/C21H18ClN3O5S/c1-28-16-9-14(8-15(22)19(16)30-12-13-6-4-3-5-7-13)11-23-25-21-24-20(27)17(31-21)10-18(26)29-2/h3-11H,12H2,1-2H3,(H,24,25,27)/b17-10+,23-11?. The highest BCUT2D eigenvalue weighted by Gasteiger charge is 2.25. The largest absolute Gasteiger partial charge is 0.493 e. The van der Waals surface area contributed by atoms with Gasteiger partial charge in [-0.2, -0.15) is 5.10 Å². The predicted molar refractivity (Wildman–Crippen MR) is 120 cm³/mol. The molecular weight excluding hydrogens is 442 g/mol. The summed E-state index contributed by atoms with van der Waals surface area (Å²) in [5.74, 6) is -0.204. The molecule has 1 aliphatic rings. The number of benzene rings is 2. The molecule has 2 aromatic carbocycles. The number of hydrogen-bond donors (Lipinski definition) is 1. The fourth-order valence-corrected chi connectivity index (χ4v) is 3.49. The number of thioether (sulfide) groups is 1. The van der Waals surface area contributed by atoms with Gasteiger partial charge in [-0.1, -0.05) is 41.9 Å². The van der Waals surface area contributed by atoms with E-state index in [4.69, 9.17) is 21.1 Å². The van der Waals surface area contributed by atoms with Gasteiger partial charge >= 0.3 is 5.97 Å². The molecule has 1 fully saturated rings. The summed E-state index contributed by atoms with van der Waals surface area (Å²) in [6.07, 6.45) is 2.54. The van der Waals surface area contributed by atoms with Crippen molar-refractivity contribution < 1.29 is 23.8 Å². The van der Waals surface area contributed by atoms with Crippen LogP contribution in [0.15, 0.2) is 63.6 Å². The van der Waals surface area contributed by atoms with Crippen molar-refractivity contribution in [1.29, 1.82) is 0 Å². The molecule has 10 heteroatoms. The summed E-state index contributed by atoms with van der Waals surface area (Å²) in [7, 11) is 2.75. The Morgan fingerprint density at radius 3 is 2.71 bits per heavy atom. The molecule has 0 unspecified atom stereocenters. The molecule has 160 valence electrons. The van der Waals surface area contributed by atoms with E-state index in [2.05, 4.69) is 20.3 Å². The van der Waals surface area contributed by atoms with Gasteiger partial charge in [-0.3, -0.25) is 10.1 Å². The zero-order valence-corrected chi connectivity index (χ0v) is 18.2. The predicted octanol–water partition coefficient (Wildman–Crippen LogP) is 3.54. The Bertz CT molecular complexity index is 1070. The summed E-state index contributed by atoms with van der Waals surface area (Å²) < 4.78 is 15.7. The molecule has 1 N–H and O–H groups in total. The average molecular weight is 460 g/mol. The molecule has 0 bridgehead atoms. The molecule has 1 amide bonds. The zero-order chi connectivity index (χ0) is 22.2. The van der Waals surface area contributed by atoms with E-state index in [1.165, 1.54) is 20.4 Å². The molecule has 0 saturated carbocycles. The molecular formula is C21H18ClN3O5S. The SMILES string of the molecule is COC(=O)/C=C1/S/C(=N\N=Cc2cc(Cl)c(OCc3ccccc3)c(OC)c2)NC1=O. The third kappa shape index (κ3) is 6.09. The molecule has 2 aromatic rings. The van der Waals surface area contributed by atoms with Gasteiger partial charge in [-0.15, -0.1) is 5.10 Å². The number of nitrogens with zero attached hydrogens (tertiary/aromatic N) is 2. The van der Waals surface area contributed by atoms with Gasteiger partial charge in [0.1, 0.15) is 6.61 Å². The fourth-order valence-electron chi connectivity index (χ4n) is 2.47. The van der Waals surface area contributed by atoms with Gasteiger partial charge in [0.05, 0.1) is 30.4 Å². The summed E-state index contributed by atoms with van der Waals surface area (Å²) in [6, 6.07) is 13.1. The average Bonchev–Trinajstić information content (AvgIpc) is 3.12. The van der Waals surface area contributed by atoms with E-state index in [1.54, 1.807) is 12.1 Å². The van der Waals surface area contributed by atoms with E-state index in [0.717, 1.165) is 23.4 Å². The van der Waals surface area contributed by atoms with Crippen molar-refractivity contribution in [2.24, 2.45) is 10.2 Å². The summed E-state index contributed by atoms with van der Waals surface area (Å²) in [6.45, 7) is 0.344. The Hall–Kier alpha value is -3.30. The quantitative estimate of drug-likeness (QED) is 0.294. The van der Waals surface area contributed by atoms with Gasteiger partial charge in [0.15, 0.2) is 16.7 Å². The van der Waals surface area contributed by atoms with Crippen LogP contribution in [0.5, 0.6) is 11.5 Å². The number of esters is 1. The van der Waals surface area contributed by atoms with Gasteiger partial charge in [-0.05, 0) is 29.5 Å². The molecule has 1 heterocycles. The van der Waals surface area contributed by atoms with Crippen LogP contribution in [0.3, 0.4) is 0 Å². The summed E-state index contributed by atoms with van der Waals surface area (Å²) in [5.41, 5.74) is 1.62. The van der Waals surface area contributed by atoms with Crippen LogP contribution in [0.4, 0.5) is 0 Å². The lowest BCUT2D eigenvalue weighted by Gasteiger charge is -2.13. The molecule has 31 heavy (non-hydrogen) atoms. The molecule has 3 rings (SSSR count). The minimum absolute atomic E-state index is 0.172. The number of ether oxygens (including phenoxy) is 3. The molecule has 1 saturated heterocycles. The van der Waals surface area contributed by atoms with E-state index in [9.17, 15) is 9.59 Å². The van der Waals surface area contributed by atoms with Crippen LogP contribution in [0.25, 0.3) is 0 Å². The van der Waals surface area contributed by atoms with Crippen molar-refractivity contribution in [2.45, 2.75) is 6.61 Å². The van der Waals surface area contributed by atoms with Crippen LogP contribution in [0, 0.1) is 0 Å². The highest BCUT2D eigenvalue weighted by atomic mass is 35.5. The summed E-state index contributed by atoms with van der Waals surface area (Å²) >= 11 is 7.35. The molecule has 0 spiro atoms. The maximum Gasteiger partial charge on any atom is 0.331 e. The van der Waals surface area contributed by atoms with E-state index in [-0.39, 0.29) is 10.1 Å². The number of amides is 1. The number of rotatable bonds is 7. The Kier molecular flexibility index (Phi) is 7.69. The lowest BCUT2D eigenvalue weighted by Crippen LogP contribution is -2.19. The first-order valence-corrected chi connectivity index (χ1v) is 10.1. The van der Waals surface area contributed by atoms with Gasteiger partial charge in [0, 0.05) is 11.6 Å². The van der Waals surface area contributed by atoms with E-state index < -0.39 is 11.9 Å². The van der Waals surface area contributed by atoms with Gasteiger partial charge in [0.2, 0.25) is 0 Å². The second-order valence-electron chi connectivity index (χ2n) is 6.05. The topological polar surface area (TPSA) is 98.6 Å². The first-order valence-electron chi connectivity index (χ1n) is 8.94. The maximum atomic E-state index is 11.8.